The zero-order chi connectivity index (χ0) is 12.8. The number of rotatable bonds is 7. The first-order valence-corrected chi connectivity index (χ1v) is 7.03. The van der Waals surface area contributed by atoms with Crippen molar-refractivity contribution in [2.45, 2.75) is 19.9 Å². The van der Waals surface area contributed by atoms with Crippen LogP contribution in [-0.2, 0) is 6.54 Å². The molecule has 0 bridgehead atoms. The Morgan fingerprint density at radius 1 is 1.44 bits per heavy atom. The van der Waals surface area contributed by atoms with Crippen LogP contribution in [0.2, 0.25) is 0 Å². The van der Waals surface area contributed by atoms with Crippen molar-refractivity contribution in [3.63, 3.8) is 0 Å². The Kier molecular flexibility index (Phi) is 4.92. The molecule has 0 fully saturated rings. The van der Waals surface area contributed by atoms with Crippen molar-refractivity contribution in [2.75, 3.05) is 19.7 Å². The van der Waals surface area contributed by atoms with Gasteiger partial charge >= 0.3 is 0 Å². The van der Waals surface area contributed by atoms with E-state index in [1.54, 1.807) is 17.6 Å². The quantitative estimate of drug-likeness (QED) is 0.837. The molecule has 0 atom stereocenters. The SMILES string of the molecule is CCCN(CCO)Cc1csc(-c2ccco2)n1. The molecule has 5 heteroatoms. The number of furan rings is 1. The standard InChI is InChI=1S/C13H18N2O2S/c1-2-5-15(6-7-16)9-11-10-18-13(14-11)12-4-3-8-17-12/h3-4,8,10,16H,2,5-7,9H2,1H3. The van der Waals surface area contributed by atoms with Crippen LogP contribution in [0.25, 0.3) is 10.8 Å². The molecule has 0 aliphatic carbocycles. The third-order valence-corrected chi connectivity index (χ3v) is 3.53. The minimum Gasteiger partial charge on any atom is -0.462 e. The number of hydrogen-bond acceptors (Lipinski definition) is 5. The predicted octanol–water partition coefficient (Wildman–Crippen LogP) is 2.61. The van der Waals surface area contributed by atoms with E-state index in [4.69, 9.17) is 9.52 Å². The second kappa shape index (κ2) is 6.68. The molecule has 2 heterocycles. The smallest absolute Gasteiger partial charge is 0.162 e. The Bertz CT molecular complexity index is 447. The summed E-state index contributed by atoms with van der Waals surface area (Å²) in [6.45, 7) is 4.79. The van der Waals surface area contributed by atoms with Crippen LogP contribution in [0.5, 0.6) is 0 Å². The zero-order valence-corrected chi connectivity index (χ0v) is 11.3. The molecule has 0 saturated carbocycles. The molecule has 2 rings (SSSR count). The molecule has 98 valence electrons. The molecule has 0 aromatic carbocycles. The molecule has 2 aromatic heterocycles. The van der Waals surface area contributed by atoms with Crippen LogP contribution >= 0.6 is 11.3 Å². The van der Waals surface area contributed by atoms with Gasteiger partial charge in [0.15, 0.2) is 10.8 Å². The molecular formula is C13H18N2O2S. The predicted molar refractivity (Wildman–Crippen MR) is 72.5 cm³/mol. The fourth-order valence-corrected chi connectivity index (χ4v) is 2.63. The average Bonchev–Trinajstić information content (AvgIpc) is 2.98. The summed E-state index contributed by atoms with van der Waals surface area (Å²) in [6.07, 6.45) is 2.74. The largest absolute Gasteiger partial charge is 0.462 e. The maximum Gasteiger partial charge on any atom is 0.162 e. The molecule has 0 saturated heterocycles. The highest BCUT2D eigenvalue weighted by Gasteiger charge is 2.10. The highest BCUT2D eigenvalue weighted by atomic mass is 32.1. The first kappa shape index (κ1) is 13.3. The molecule has 0 unspecified atom stereocenters. The fraction of sp³-hybridized carbons (Fsp3) is 0.462. The molecule has 4 nitrogen and oxygen atoms in total. The van der Waals surface area contributed by atoms with Crippen molar-refractivity contribution in [2.24, 2.45) is 0 Å². The molecule has 1 N–H and O–H groups in total. The molecule has 0 amide bonds. The van der Waals surface area contributed by atoms with Gasteiger partial charge in [-0.2, -0.15) is 0 Å². The van der Waals surface area contributed by atoms with Crippen molar-refractivity contribution >= 4 is 11.3 Å². The fourth-order valence-electron chi connectivity index (χ4n) is 1.85. The summed E-state index contributed by atoms with van der Waals surface area (Å²) in [7, 11) is 0. The second-order valence-corrected chi connectivity index (χ2v) is 4.98. The number of aliphatic hydroxyl groups is 1. The molecule has 0 aliphatic rings. The third-order valence-electron chi connectivity index (χ3n) is 2.63. The Morgan fingerprint density at radius 3 is 3.00 bits per heavy atom. The van der Waals surface area contributed by atoms with Gasteiger partial charge in [-0.15, -0.1) is 11.3 Å². The maximum absolute atomic E-state index is 9.02. The Labute approximate surface area is 111 Å². The van der Waals surface area contributed by atoms with Gasteiger partial charge in [-0.05, 0) is 25.1 Å². The summed E-state index contributed by atoms with van der Waals surface area (Å²) >= 11 is 1.59. The molecule has 18 heavy (non-hydrogen) atoms. The topological polar surface area (TPSA) is 49.5 Å². The second-order valence-electron chi connectivity index (χ2n) is 4.12. The van der Waals surface area contributed by atoms with Crippen LogP contribution in [0.3, 0.4) is 0 Å². The third kappa shape index (κ3) is 3.41. The lowest BCUT2D eigenvalue weighted by Crippen LogP contribution is -2.27. The van der Waals surface area contributed by atoms with E-state index < -0.39 is 0 Å². The molecule has 0 spiro atoms. The van der Waals surface area contributed by atoms with Crippen LogP contribution in [0.1, 0.15) is 19.0 Å². The van der Waals surface area contributed by atoms with Gasteiger partial charge in [-0.25, -0.2) is 4.98 Å². The summed E-state index contributed by atoms with van der Waals surface area (Å²) in [5.74, 6) is 0.815. The van der Waals surface area contributed by atoms with Crippen LogP contribution in [-0.4, -0.2) is 34.7 Å². The summed E-state index contributed by atoms with van der Waals surface area (Å²) in [5.41, 5.74) is 1.04. The summed E-state index contributed by atoms with van der Waals surface area (Å²) < 4.78 is 5.33. The lowest BCUT2D eigenvalue weighted by molar-refractivity contribution is 0.189. The van der Waals surface area contributed by atoms with Crippen molar-refractivity contribution < 1.29 is 9.52 Å². The molecule has 0 aliphatic heterocycles. The average molecular weight is 266 g/mol. The van der Waals surface area contributed by atoms with E-state index in [1.165, 1.54) is 0 Å². The zero-order valence-electron chi connectivity index (χ0n) is 10.5. The van der Waals surface area contributed by atoms with Gasteiger partial charge in [0, 0.05) is 18.5 Å². The number of aliphatic hydroxyl groups excluding tert-OH is 1. The van der Waals surface area contributed by atoms with E-state index in [2.05, 4.69) is 22.2 Å². The summed E-state index contributed by atoms with van der Waals surface area (Å²) in [6, 6.07) is 3.78. The van der Waals surface area contributed by atoms with Crippen LogP contribution < -0.4 is 0 Å². The van der Waals surface area contributed by atoms with Crippen molar-refractivity contribution in [3.05, 3.63) is 29.5 Å². The number of thiazole rings is 1. The van der Waals surface area contributed by atoms with E-state index in [9.17, 15) is 0 Å². The van der Waals surface area contributed by atoms with Gasteiger partial charge in [0.05, 0.1) is 18.6 Å². The van der Waals surface area contributed by atoms with E-state index in [1.807, 2.05) is 12.1 Å². The van der Waals surface area contributed by atoms with Crippen molar-refractivity contribution in [3.8, 4) is 10.8 Å². The van der Waals surface area contributed by atoms with Crippen LogP contribution in [0.15, 0.2) is 28.2 Å². The van der Waals surface area contributed by atoms with Gasteiger partial charge < -0.3 is 9.52 Å². The van der Waals surface area contributed by atoms with Gasteiger partial charge in [0.25, 0.3) is 0 Å². The molecule has 2 aromatic rings. The molecule has 0 radical (unpaired) electrons. The highest BCUT2D eigenvalue weighted by molar-refractivity contribution is 7.13. The van der Waals surface area contributed by atoms with Crippen molar-refractivity contribution in [1.82, 2.24) is 9.88 Å². The first-order chi connectivity index (χ1) is 8.83. The van der Waals surface area contributed by atoms with Crippen molar-refractivity contribution in [1.29, 1.82) is 0 Å². The normalized spacial score (nSPS) is 11.3. The minimum absolute atomic E-state index is 0.190. The summed E-state index contributed by atoms with van der Waals surface area (Å²) in [4.78, 5) is 6.77. The van der Waals surface area contributed by atoms with E-state index in [0.29, 0.717) is 6.54 Å². The lowest BCUT2D eigenvalue weighted by atomic mass is 10.3. The minimum atomic E-state index is 0.190. The number of aromatic nitrogens is 1. The number of nitrogens with zero attached hydrogens (tertiary/aromatic N) is 2. The Balaban J connectivity index is 2.01. The van der Waals surface area contributed by atoms with Crippen LogP contribution in [0, 0.1) is 0 Å². The number of hydrogen-bond donors (Lipinski definition) is 1. The maximum atomic E-state index is 9.02. The highest BCUT2D eigenvalue weighted by Crippen LogP contribution is 2.24. The van der Waals surface area contributed by atoms with E-state index in [-0.39, 0.29) is 6.61 Å². The van der Waals surface area contributed by atoms with E-state index >= 15 is 0 Å². The Hall–Kier alpha value is -1.17. The van der Waals surface area contributed by atoms with Crippen LogP contribution in [0.4, 0.5) is 0 Å². The van der Waals surface area contributed by atoms with Gasteiger partial charge in [-0.3, -0.25) is 4.90 Å². The Morgan fingerprint density at radius 2 is 2.33 bits per heavy atom. The van der Waals surface area contributed by atoms with Gasteiger partial charge in [0.2, 0.25) is 0 Å². The monoisotopic (exact) mass is 266 g/mol. The first-order valence-electron chi connectivity index (χ1n) is 6.15. The van der Waals surface area contributed by atoms with Gasteiger partial charge in [0.1, 0.15) is 0 Å². The lowest BCUT2D eigenvalue weighted by Gasteiger charge is -2.18. The molecular weight excluding hydrogens is 248 g/mol. The van der Waals surface area contributed by atoms with E-state index in [0.717, 1.165) is 36.0 Å². The summed E-state index contributed by atoms with van der Waals surface area (Å²) in [5, 5.41) is 12.0. The van der Waals surface area contributed by atoms with Gasteiger partial charge in [-0.1, -0.05) is 6.92 Å².